The van der Waals surface area contributed by atoms with Crippen molar-refractivity contribution in [1.29, 1.82) is 0 Å². The molecule has 0 aliphatic carbocycles. The summed E-state index contributed by atoms with van der Waals surface area (Å²) in [5.41, 5.74) is 2.70. The molecule has 206 valence electrons. The fourth-order valence-corrected chi connectivity index (χ4v) is 6.78. The van der Waals surface area contributed by atoms with Crippen LogP contribution in [-0.2, 0) is 22.8 Å². The summed E-state index contributed by atoms with van der Waals surface area (Å²) >= 11 is 0. The summed E-state index contributed by atoms with van der Waals surface area (Å²) in [7, 11) is -6.18. The Balaban J connectivity index is 3.45. The second-order valence-electron chi connectivity index (χ2n) is 14.6. The molecule has 0 aromatic rings. The molecule has 0 aromatic heterocycles. The smallest absolute Gasteiger partial charge is 0.202 e. The molecule has 0 saturated carbocycles. The van der Waals surface area contributed by atoms with Crippen LogP contribution in [0.2, 0.25) is 54.4 Å². The average Bonchev–Trinajstić information content (AvgIpc) is 2.63. The lowest BCUT2D eigenvalue weighted by atomic mass is 10.0. The van der Waals surface area contributed by atoms with Gasteiger partial charge in [-0.1, -0.05) is 74.6 Å². The maximum Gasteiger partial charge on any atom is 0.202 e. The molecule has 5 nitrogen and oxygen atoms in total. The minimum Gasteiger partial charge on any atom is -0.464 e. The molecule has 4 atom stereocenters. The molecule has 1 rings (SSSR count). The van der Waals surface area contributed by atoms with E-state index in [-0.39, 0.29) is 33.4 Å². The highest BCUT2D eigenvalue weighted by Gasteiger charge is 2.51. The Morgan fingerprint density at radius 3 is 1.69 bits per heavy atom. The number of hydrogen-bond donors (Lipinski definition) is 0. The molecule has 35 heavy (non-hydrogen) atoms. The molecular weight excluding hydrogens is 489 g/mol. The van der Waals surface area contributed by atoms with Crippen molar-refractivity contribution in [2.75, 3.05) is 6.61 Å². The van der Waals surface area contributed by atoms with Gasteiger partial charge >= 0.3 is 0 Å². The minimum atomic E-state index is -2.12. The summed E-state index contributed by atoms with van der Waals surface area (Å²) in [6.45, 7) is 38.3. The molecule has 1 fully saturated rings. The lowest BCUT2D eigenvalue weighted by Crippen LogP contribution is -2.61. The summed E-state index contributed by atoms with van der Waals surface area (Å²) < 4.78 is 33.2. The molecule has 0 bridgehead atoms. The van der Waals surface area contributed by atoms with E-state index >= 15 is 0 Å². The molecule has 0 radical (unpaired) electrons. The lowest BCUT2D eigenvalue weighted by molar-refractivity contribution is -0.234. The Morgan fingerprint density at radius 2 is 1.26 bits per heavy atom. The van der Waals surface area contributed by atoms with Crippen LogP contribution in [0, 0.1) is 0 Å². The molecule has 0 N–H and O–H groups in total. The van der Waals surface area contributed by atoms with E-state index in [9.17, 15) is 0 Å². The predicted octanol–water partition coefficient (Wildman–Crippen LogP) is 8.22. The Labute approximate surface area is 220 Å². The zero-order valence-electron chi connectivity index (χ0n) is 25.5. The van der Waals surface area contributed by atoms with E-state index in [1.807, 2.05) is 0 Å². The van der Waals surface area contributed by atoms with Gasteiger partial charge in [0.2, 0.25) is 6.29 Å². The third-order valence-electron chi connectivity index (χ3n) is 8.69. The Hall–Kier alpha value is -0.189. The van der Waals surface area contributed by atoms with Gasteiger partial charge in [0.25, 0.3) is 0 Å². The number of ether oxygens (including phenoxy) is 2. The third kappa shape index (κ3) is 8.67. The largest absolute Gasteiger partial charge is 0.464 e. The molecule has 0 aromatic carbocycles. The molecular formula is C27H56O5Si3. The van der Waals surface area contributed by atoms with Crippen LogP contribution >= 0.6 is 0 Å². The first kappa shape index (κ1) is 32.8. The number of rotatable bonds is 9. The van der Waals surface area contributed by atoms with Gasteiger partial charge in [0.1, 0.15) is 12.4 Å². The zero-order chi connectivity index (χ0) is 27.7. The molecule has 8 heteroatoms. The van der Waals surface area contributed by atoms with Crippen LogP contribution in [0.3, 0.4) is 0 Å². The molecule has 1 heterocycles. The van der Waals surface area contributed by atoms with Crippen LogP contribution in [0.15, 0.2) is 18.6 Å². The summed E-state index contributed by atoms with van der Waals surface area (Å²) in [4.78, 5) is 0. The molecule has 0 spiro atoms. The molecule has 0 amide bonds. The van der Waals surface area contributed by atoms with E-state index in [0.29, 0.717) is 13.0 Å². The van der Waals surface area contributed by atoms with Crippen molar-refractivity contribution < 1.29 is 22.8 Å². The van der Waals surface area contributed by atoms with Gasteiger partial charge < -0.3 is 22.8 Å². The highest BCUT2D eigenvalue weighted by Crippen LogP contribution is 2.44. The van der Waals surface area contributed by atoms with Gasteiger partial charge in [0.15, 0.2) is 25.0 Å². The van der Waals surface area contributed by atoms with Crippen LogP contribution in [0.25, 0.3) is 0 Å². The summed E-state index contributed by atoms with van der Waals surface area (Å²) in [6, 6.07) is 0. The second-order valence-corrected chi connectivity index (χ2v) is 29.0. The quantitative estimate of drug-likeness (QED) is 0.166. The fourth-order valence-electron chi connectivity index (χ4n) is 3.08. The first-order valence-corrected chi connectivity index (χ1v) is 21.8. The third-order valence-corrected chi connectivity index (χ3v) is 22.2. The van der Waals surface area contributed by atoms with E-state index in [0.717, 1.165) is 0 Å². The van der Waals surface area contributed by atoms with Gasteiger partial charge in [0, 0.05) is 6.42 Å². The predicted molar refractivity (Wildman–Crippen MR) is 155 cm³/mol. The maximum atomic E-state index is 7.08. The van der Waals surface area contributed by atoms with E-state index in [1.54, 1.807) is 0 Å². The van der Waals surface area contributed by atoms with Crippen LogP contribution in [0.5, 0.6) is 0 Å². The highest BCUT2D eigenvalue weighted by molar-refractivity contribution is 6.75. The monoisotopic (exact) mass is 544 g/mol. The van der Waals surface area contributed by atoms with Crippen molar-refractivity contribution in [3.8, 4) is 0 Å². The van der Waals surface area contributed by atoms with Crippen LogP contribution in [0.4, 0.5) is 0 Å². The van der Waals surface area contributed by atoms with Crippen molar-refractivity contribution in [3.63, 3.8) is 0 Å². The average molecular weight is 545 g/mol. The van der Waals surface area contributed by atoms with E-state index in [4.69, 9.17) is 22.8 Å². The zero-order valence-corrected chi connectivity index (χ0v) is 28.5. The minimum absolute atomic E-state index is 0.0677. The van der Waals surface area contributed by atoms with E-state index < -0.39 is 31.2 Å². The molecule has 1 aliphatic rings. The number of hydrogen-bond acceptors (Lipinski definition) is 5. The van der Waals surface area contributed by atoms with Crippen molar-refractivity contribution >= 4 is 25.0 Å². The summed E-state index contributed by atoms with van der Waals surface area (Å²) in [6.07, 6.45) is 0.976. The van der Waals surface area contributed by atoms with Crippen molar-refractivity contribution in [1.82, 2.24) is 0 Å². The van der Waals surface area contributed by atoms with E-state index in [1.165, 1.54) is 6.26 Å². The molecule has 0 unspecified atom stereocenters. The van der Waals surface area contributed by atoms with Crippen molar-refractivity contribution in [2.24, 2.45) is 0 Å². The summed E-state index contributed by atoms with van der Waals surface area (Å²) in [5.74, 6) is 0. The Morgan fingerprint density at radius 1 is 0.800 bits per heavy atom. The second kappa shape index (κ2) is 11.3. The highest BCUT2D eigenvalue weighted by atomic mass is 28.4. The van der Waals surface area contributed by atoms with Crippen LogP contribution < -0.4 is 0 Å². The first-order valence-electron chi connectivity index (χ1n) is 13.1. The van der Waals surface area contributed by atoms with E-state index in [2.05, 4.69) is 114 Å². The molecule has 1 saturated heterocycles. The van der Waals surface area contributed by atoms with Gasteiger partial charge in [-0.2, -0.15) is 0 Å². The first-order chi connectivity index (χ1) is 15.5. The van der Waals surface area contributed by atoms with Crippen LogP contribution in [0.1, 0.15) is 68.7 Å². The molecule has 1 aliphatic heterocycles. The topological polar surface area (TPSA) is 46.2 Å². The standard InChI is InChI=1S/C27H56O5Si3/c1-17-18-28-23-19-21(31-34(13,14)26(5,6)7)24(32-35(15,16)27(8,9)10)22(30-23)20-29-33(11,12)25(2,3)4/h18,21-24H,1,19-20H2,2-16H3/t21-,22-,23+,24+/m1/s1. The lowest BCUT2D eigenvalue weighted by Gasteiger charge is -2.50. The van der Waals surface area contributed by atoms with Crippen molar-refractivity contribution in [2.45, 2.75) is 148 Å². The maximum absolute atomic E-state index is 7.08. The Bertz CT molecular complexity index is 737. The fraction of sp³-hybridized carbons (Fsp3) is 0.889. The van der Waals surface area contributed by atoms with Crippen molar-refractivity contribution in [3.05, 3.63) is 18.6 Å². The van der Waals surface area contributed by atoms with Gasteiger partial charge in [0.05, 0.1) is 18.8 Å². The summed E-state index contributed by atoms with van der Waals surface area (Å²) in [5, 5.41) is 0.256. The van der Waals surface area contributed by atoms with Gasteiger partial charge in [-0.05, 0) is 54.4 Å². The van der Waals surface area contributed by atoms with Gasteiger partial charge in [-0.15, -0.1) is 0 Å². The Kier molecular flexibility index (Phi) is 10.6. The van der Waals surface area contributed by atoms with Gasteiger partial charge in [-0.3, -0.25) is 0 Å². The normalized spacial score (nSPS) is 25.2. The SMILES string of the molecule is C=C=CO[C@@H]1C[C@@H](O[Si](C)(C)C(C)(C)C)[C@H](O[Si](C)(C)C(C)(C)C)[C@@H](CO[Si](C)(C)C(C)(C)C)O1. The van der Waals surface area contributed by atoms with Crippen LogP contribution in [-0.4, -0.2) is 56.2 Å². The van der Waals surface area contributed by atoms with Gasteiger partial charge in [-0.25, -0.2) is 0 Å².